The molecule has 0 aliphatic carbocycles. The SMILES string of the molecule is O=C(O)c1c(O)c2cc(CN3CCOCC3)ncc2oc1=O.[Y]. The maximum atomic E-state index is 11.5. The molecular formula is C14H14N2O6Y. The quantitative estimate of drug-likeness (QED) is 0.769. The van der Waals surface area contributed by atoms with Crippen LogP contribution in [0.15, 0.2) is 21.5 Å². The number of aromatic carboxylic acids is 1. The number of morpholine rings is 1. The van der Waals surface area contributed by atoms with E-state index in [1.807, 2.05) is 0 Å². The molecule has 0 bridgehead atoms. The summed E-state index contributed by atoms with van der Waals surface area (Å²) < 4.78 is 10.2. The Balaban J connectivity index is 0.00000192. The zero-order chi connectivity index (χ0) is 15.7. The predicted molar refractivity (Wildman–Crippen MR) is 75.0 cm³/mol. The van der Waals surface area contributed by atoms with Crippen LogP contribution in [0.3, 0.4) is 0 Å². The fraction of sp³-hybridized carbons (Fsp3) is 0.357. The Labute approximate surface area is 155 Å². The summed E-state index contributed by atoms with van der Waals surface area (Å²) in [5, 5.41) is 19.2. The van der Waals surface area contributed by atoms with Crippen LogP contribution in [0.1, 0.15) is 16.1 Å². The summed E-state index contributed by atoms with van der Waals surface area (Å²) in [5.74, 6) is -2.12. The van der Waals surface area contributed by atoms with Crippen molar-refractivity contribution in [1.29, 1.82) is 0 Å². The Hall–Kier alpha value is -1.35. The first-order chi connectivity index (χ1) is 10.6. The molecule has 1 radical (unpaired) electrons. The van der Waals surface area contributed by atoms with E-state index < -0.39 is 22.9 Å². The van der Waals surface area contributed by atoms with Crippen LogP contribution in [-0.2, 0) is 44.0 Å². The number of hydrogen-bond donors (Lipinski definition) is 2. The van der Waals surface area contributed by atoms with Crippen molar-refractivity contribution in [3.8, 4) is 5.75 Å². The summed E-state index contributed by atoms with van der Waals surface area (Å²) >= 11 is 0. The molecule has 2 aromatic rings. The van der Waals surface area contributed by atoms with Crippen LogP contribution in [0.2, 0.25) is 0 Å². The van der Waals surface area contributed by atoms with E-state index in [-0.39, 0.29) is 43.7 Å². The van der Waals surface area contributed by atoms with Gasteiger partial charge in [0.25, 0.3) is 0 Å². The van der Waals surface area contributed by atoms with Gasteiger partial charge >= 0.3 is 11.6 Å². The molecule has 0 amide bonds. The largest absolute Gasteiger partial charge is 0.506 e. The number of rotatable bonds is 3. The maximum absolute atomic E-state index is 11.5. The van der Waals surface area contributed by atoms with E-state index in [4.69, 9.17) is 14.3 Å². The average Bonchev–Trinajstić information content (AvgIpc) is 2.49. The van der Waals surface area contributed by atoms with Gasteiger partial charge in [0.15, 0.2) is 11.1 Å². The van der Waals surface area contributed by atoms with Crippen molar-refractivity contribution in [3.63, 3.8) is 0 Å². The first-order valence-electron chi connectivity index (χ1n) is 6.74. The second kappa shape index (κ2) is 7.48. The first kappa shape index (κ1) is 18.0. The smallest absolute Gasteiger partial charge is 0.354 e. The second-order valence-corrected chi connectivity index (χ2v) is 4.98. The predicted octanol–water partition coefficient (Wildman–Crippen LogP) is 0.422. The molecule has 2 N–H and O–H groups in total. The molecule has 2 aromatic heterocycles. The number of fused-ring (bicyclic) bond motifs is 1. The van der Waals surface area contributed by atoms with Gasteiger partial charge in [-0.05, 0) is 6.07 Å². The summed E-state index contributed by atoms with van der Waals surface area (Å²) in [6.07, 6.45) is 1.32. The molecule has 0 aromatic carbocycles. The van der Waals surface area contributed by atoms with Crippen LogP contribution >= 0.6 is 0 Å². The molecule has 1 aliphatic rings. The van der Waals surface area contributed by atoms with Crippen molar-refractivity contribution in [2.45, 2.75) is 6.54 Å². The van der Waals surface area contributed by atoms with Crippen molar-refractivity contribution in [2.75, 3.05) is 26.3 Å². The Kier molecular flexibility index (Phi) is 5.86. The number of carboxylic acid groups (broad SMARTS) is 1. The number of carbonyl (C=O) groups is 1. The second-order valence-electron chi connectivity index (χ2n) is 4.98. The van der Waals surface area contributed by atoms with Crippen LogP contribution in [-0.4, -0.2) is 52.4 Å². The van der Waals surface area contributed by atoms with Crippen LogP contribution in [0.5, 0.6) is 5.75 Å². The summed E-state index contributed by atoms with van der Waals surface area (Å²) in [7, 11) is 0. The van der Waals surface area contributed by atoms with Crippen molar-refractivity contribution >= 4 is 16.9 Å². The zero-order valence-corrected chi connectivity index (χ0v) is 15.0. The van der Waals surface area contributed by atoms with Gasteiger partial charge in [0, 0.05) is 52.3 Å². The summed E-state index contributed by atoms with van der Waals surface area (Å²) in [5.41, 5.74) is -1.16. The van der Waals surface area contributed by atoms with Gasteiger partial charge in [-0.25, -0.2) is 9.59 Å². The Morgan fingerprint density at radius 1 is 1.35 bits per heavy atom. The molecular weight excluding hydrogens is 381 g/mol. The number of pyridine rings is 1. The number of aromatic nitrogens is 1. The number of ether oxygens (including phenoxy) is 1. The Bertz CT molecular complexity index is 785. The van der Waals surface area contributed by atoms with E-state index in [0.29, 0.717) is 25.5 Å². The molecule has 1 fully saturated rings. The van der Waals surface area contributed by atoms with E-state index in [2.05, 4.69) is 9.88 Å². The molecule has 8 nitrogen and oxygen atoms in total. The van der Waals surface area contributed by atoms with Crippen LogP contribution in [0.25, 0.3) is 11.0 Å². The first-order valence-corrected chi connectivity index (χ1v) is 6.74. The van der Waals surface area contributed by atoms with Gasteiger partial charge in [-0.1, -0.05) is 0 Å². The molecule has 1 aliphatic heterocycles. The van der Waals surface area contributed by atoms with E-state index in [9.17, 15) is 14.7 Å². The fourth-order valence-electron chi connectivity index (χ4n) is 2.40. The van der Waals surface area contributed by atoms with Crippen LogP contribution < -0.4 is 5.63 Å². The zero-order valence-electron chi connectivity index (χ0n) is 12.2. The third kappa shape index (κ3) is 3.77. The van der Waals surface area contributed by atoms with E-state index in [1.54, 1.807) is 0 Å². The molecule has 1 saturated heterocycles. The van der Waals surface area contributed by atoms with E-state index in [0.717, 1.165) is 13.1 Å². The standard InChI is InChI=1S/C14H14N2O6.Y/c17-12-9-5-8(7-16-1-3-21-4-2-16)15-6-10(9)22-14(20)11(12)13(18)19;/h5-6,17H,1-4,7H2,(H,18,19);. The minimum atomic E-state index is -1.53. The molecule has 119 valence electrons. The third-order valence-corrected chi connectivity index (χ3v) is 3.53. The minimum Gasteiger partial charge on any atom is -0.506 e. The summed E-state index contributed by atoms with van der Waals surface area (Å²) in [4.78, 5) is 28.9. The fourth-order valence-corrected chi connectivity index (χ4v) is 2.40. The van der Waals surface area contributed by atoms with Gasteiger partial charge < -0.3 is 19.4 Å². The maximum Gasteiger partial charge on any atom is 0.354 e. The van der Waals surface area contributed by atoms with Crippen molar-refractivity contribution < 1.29 is 56.9 Å². The number of nitrogens with zero attached hydrogens (tertiary/aromatic N) is 2. The van der Waals surface area contributed by atoms with Crippen molar-refractivity contribution in [3.05, 3.63) is 33.9 Å². The van der Waals surface area contributed by atoms with Gasteiger partial charge in [-0.3, -0.25) is 9.88 Å². The van der Waals surface area contributed by atoms with Crippen LogP contribution in [0.4, 0.5) is 0 Å². The molecule has 3 rings (SSSR count). The number of carboxylic acids is 1. The Morgan fingerprint density at radius 3 is 2.70 bits per heavy atom. The Morgan fingerprint density at radius 2 is 2.04 bits per heavy atom. The molecule has 3 heterocycles. The normalized spacial score (nSPS) is 15.3. The molecule has 0 atom stereocenters. The van der Waals surface area contributed by atoms with Gasteiger partial charge in [-0.15, -0.1) is 0 Å². The number of hydrogen-bond acceptors (Lipinski definition) is 7. The monoisotopic (exact) mass is 395 g/mol. The van der Waals surface area contributed by atoms with E-state index >= 15 is 0 Å². The molecule has 23 heavy (non-hydrogen) atoms. The molecule has 9 heteroatoms. The van der Waals surface area contributed by atoms with Crippen molar-refractivity contribution in [2.24, 2.45) is 0 Å². The topological polar surface area (TPSA) is 113 Å². The van der Waals surface area contributed by atoms with Gasteiger partial charge in [-0.2, -0.15) is 0 Å². The minimum absolute atomic E-state index is 0. The number of aromatic hydroxyl groups is 1. The van der Waals surface area contributed by atoms with E-state index in [1.165, 1.54) is 12.3 Å². The van der Waals surface area contributed by atoms with Crippen LogP contribution in [0, 0.1) is 0 Å². The summed E-state index contributed by atoms with van der Waals surface area (Å²) in [6.45, 7) is 3.39. The molecule has 0 saturated carbocycles. The van der Waals surface area contributed by atoms with Crippen molar-refractivity contribution in [1.82, 2.24) is 9.88 Å². The average molecular weight is 395 g/mol. The van der Waals surface area contributed by atoms with Gasteiger partial charge in [0.1, 0.15) is 5.75 Å². The van der Waals surface area contributed by atoms with Gasteiger partial charge in [0.05, 0.1) is 30.5 Å². The third-order valence-electron chi connectivity index (χ3n) is 3.53. The molecule has 0 unspecified atom stereocenters. The summed E-state index contributed by atoms with van der Waals surface area (Å²) in [6, 6.07) is 1.54. The molecule has 0 spiro atoms. The van der Waals surface area contributed by atoms with Gasteiger partial charge in [0.2, 0.25) is 0 Å².